The maximum Gasteiger partial charge on any atom is 0.243 e. The molecule has 1 aliphatic heterocycles. The van der Waals surface area contributed by atoms with Gasteiger partial charge in [-0.3, -0.25) is 4.79 Å². The van der Waals surface area contributed by atoms with Crippen molar-refractivity contribution in [3.05, 3.63) is 71.8 Å². The second-order valence-corrected chi connectivity index (χ2v) is 11.7. The highest BCUT2D eigenvalue weighted by Crippen LogP contribution is 2.34. The van der Waals surface area contributed by atoms with E-state index in [1.165, 1.54) is 4.31 Å². The summed E-state index contributed by atoms with van der Waals surface area (Å²) < 4.78 is 28.0. The second kappa shape index (κ2) is 9.88. The van der Waals surface area contributed by atoms with Crippen molar-refractivity contribution >= 4 is 32.4 Å². The van der Waals surface area contributed by atoms with Crippen molar-refractivity contribution < 1.29 is 13.2 Å². The topological polar surface area (TPSA) is 66.5 Å². The normalized spacial score (nSPS) is 15.8. The van der Waals surface area contributed by atoms with Crippen molar-refractivity contribution in [3.63, 3.8) is 0 Å². The number of benzene rings is 3. The van der Waals surface area contributed by atoms with E-state index in [1.54, 1.807) is 12.1 Å². The molecule has 0 unspecified atom stereocenters. The van der Waals surface area contributed by atoms with Crippen molar-refractivity contribution in [2.45, 2.75) is 57.3 Å². The molecule has 3 aromatic rings. The van der Waals surface area contributed by atoms with Crippen LogP contribution in [-0.2, 0) is 14.8 Å². The van der Waals surface area contributed by atoms with Crippen LogP contribution in [-0.4, -0.2) is 31.7 Å². The standard InChI is InChI=1S/C28H34N2O3S/c1-19(2)25-10-7-11-26(20(3)4)27(25)29-28(31)22-14-16-30(17-15-22)34(32,33)24-13-12-21-8-5-6-9-23(21)18-24/h5-13,18-20,22H,14-17H2,1-4H3,(H,29,31). The monoisotopic (exact) mass is 478 g/mol. The van der Waals surface area contributed by atoms with Crippen LogP contribution in [0.25, 0.3) is 10.8 Å². The number of para-hydroxylation sites is 1. The van der Waals surface area contributed by atoms with Crippen molar-refractivity contribution in [2.75, 3.05) is 18.4 Å². The number of carbonyl (C=O) groups is 1. The Bertz CT molecular complexity index is 1260. The summed E-state index contributed by atoms with van der Waals surface area (Å²) >= 11 is 0. The highest BCUT2D eigenvalue weighted by Gasteiger charge is 2.32. The fourth-order valence-corrected chi connectivity index (χ4v) is 6.26. The minimum absolute atomic E-state index is 0.0160. The number of nitrogens with zero attached hydrogens (tertiary/aromatic N) is 1. The Morgan fingerprint density at radius 1 is 0.853 bits per heavy atom. The second-order valence-electron chi connectivity index (χ2n) is 9.80. The summed E-state index contributed by atoms with van der Waals surface area (Å²) in [7, 11) is -3.60. The highest BCUT2D eigenvalue weighted by atomic mass is 32.2. The van der Waals surface area contributed by atoms with Gasteiger partial charge in [-0.05, 0) is 58.7 Å². The minimum atomic E-state index is -3.60. The Morgan fingerprint density at radius 3 is 2.03 bits per heavy atom. The largest absolute Gasteiger partial charge is 0.325 e. The molecule has 1 amide bonds. The summed E-state index contributed by atoms with van der Waals surface area (Å²) in [6.45, 7) is 9.21. The molecule has 0 aliphatic carbocycles. The molecule has 6 heteroatoms. The Labute approximate surface area is 203 Å². The maximum absolute atomic E-state index is 13.3. The van der Waals surface area contributed by atoms with Crippen LogP contribution in [0.15, 0.2) is 65.6 Å². The minimum Gasteiger partial charge on any atom is -0.325 e. The third-order valence-electron chi connectivity index (χ3n) is 6.80. The van der Waals surface area contributed by atoms with E-state index in [9.17, 15) is 13.2 Å². The molecule has 0 atom stereocenters. The van der Waals surface area contributed by atoms with Gasteiger partial charge in [0.2, 0.25) is 15.9 Å². The molecule has 180 valence electrons. The zero-order valence-corrected chi connectivity index (χ0v) is 21.2. The number of sulfonamides is 1. The molecule has 1 aliphatic rings. The summed E-state index contributed by atoms with van der Waals surface area (Å²) in [5.41, 5.74) is 3.19. The number of hydrogen-bond donors (Lipinski definition) is 1. The number of nitrogens with one attached hydrogen (secondary N) is 1. The third-order valence-corrected chi connectivity index (χ3v) is 8.70. The summed E-state index contributed by atoms with van der Waals surface area (Å²) in [5, 5.41) is 5.13. The fourth-order valence-electron chi connectivity index (χ4n) is 4.76. The first-order chi connectivity index (χ1) is 16.2. The van der Waals surface area contributed by atoms with E-state index in [1.807, 2.05) is 30.3 Å². The van der Waals surface area contributed by atoms with E-state index in [0.29, 0.717) is 42.7 Å². The van der Waals surface area contributed by atoms with Crippen LogP contribution >= 0.6 is 0 Å². The predicted molar refractivity (Wildman–Crippen MR) is 139 cm³/mol. The molecule has 1 N–H and O–H groups in total. The van der Waals surface area contributed by atoms with Gasteiger partial charge in [-0.2, -0.15) is 4.31 Å². The van der Waals surface area contributed by atoms with Gasteiger partial charge in [0.05, 0.1) is 4.90 Å². The van der Waals surface area contributed by atoms with Crippen molar-refractivity contribution in [3.8, 4) is 0 Å². The number of rotatable bonds is 6. The van der Waals surface area contributed by atoms with Gasteiger partial charge in [-0.15, -0.1) is 0 Å². The molecule has 0 aromatic heterocycles. The van der Waals surface area contributed by atoms with Gasteiger partial charge in [-0.25, -0.2) is 8.42 Å². The molecule has 0 spiro atoms. The summed E-state index contributed by atoms with van der Waals surface area (Å²) in [6.07, 6.45) is 1.03. The van der Waals surface area contributed by atoms with E-state index >= 15 is 0 Å². The van der Waals surface area contributed by atoms with Crippen LogP contribution in [0.2, 0.25) is 0 Å². The molecule has 1 saturated heterocycles. The quantitative estimate of drug-likeness (QED) is 0.464. The van der Waals surface area contributed by atoms with Gasteiger partial charge in [0.1, 0.15) is 0 Å². The van der Waals surface area contributed by atoms with Gasteiger partial charge >= 0.3 is 0 Å². The van der Waals surface area contributed by atoms with Crippen LogP contribution < -0.4 is 5.32 Å². The molecular weight excluding hydrogens is 444 g/mol. The molecule has 0 bridgehead atoms. The number of hydrogen-bond acceptors (Lipinski definition) is 3. The first-order valence-electron chi connectivity index (χ1n) is 12.1. The molecule has 0 saturated carbocycles. The van der Waals surface area contributed by atoms with Gasteiger partial charge in [0.25, 0.3) is 0 Å². The van der Waals surface area contributed by atoms with Crippen LogP contribution in [0, 0.1) is 5.92 Å². The zero-order chi connectivity index (χ0) is 24.5. The van der Waals surface area contributed by atoms with E-state index in [-0.39, 0.29) is 11.8 Å². The summed E-state index contributed by atoms with van der Waals surface area (Å²) in [4.78, 5) is 13.5. The molecule has 0 radical (unpaired) electrons. The number of amides is 1. The van der Waals surface area contributed by atoms with Gasteiger partial charge in [-0.1, -0.05) is 76.2 Å². The molecule has 5 nitrogen and oxygen atoms in total. The van der Waals surface area contributed by atoms with Crippen LogP contribution in [0.5, 0.6) is 0 Å². The Kier molecular flexibility index (Phi) is 7.10. The SMILES string of the molecule is CC(C)c1cccc(C(C)C)c1NC(=O)C1CCN(S(=O)(=O)c2ccc3ccccc3c2)CC1. The third kappa shape index (κ3) is 4.89. The van der Waals surface area contributed by atoms with E-state index in [4.69, 9.17) is 0 Å². The molecule has 34 heavy (non-hydrogen) atoms. The zero-order valence-electron chi connectivity index (χ0n) is 20.4. The van der Waals surface area contributed by atoms with E-state index in [2.05, 4.69) is 51.2 Å². The molecule has 3 aromatic carbocycles. The van der Waals surface area contributed by atoms with Gasteiger partial charge in [0, 0.05) is 24.7 Å². The Balaban J connectivity index is 1.47. The summed E-state index contributed by atoms with van der Waals surface area (Å²) in [5.74, 6) is 0.368. The average Bonchev–Trinajstić information content (AvgIpc) is 2.83. The highest BCUT2D eigenvalue weighted by molar-refractivity contribution is 7.89. The molecular formula is C28H34N2O3S. The lowest BCUT2D eigenvalue weighted by Crippen LogP contribution is -2.41. The van der Waals surface area contributed by atoms with Crippen molar-refractivity contribution in [1.82, 2.24) is 4.31 Å². The number of piperidine rings is 1. The lowest BCUT2D eigenvalue weighted by Gasteiger charge is -2.31. The summed E-state index contributed by atoms with van der Waals surface area (Å²) in [6, 6.07) is 19.2. The Morgan fingerprint density at radius 2 is 1.44 bits per heavy atom. The molecule has 1 heterocycles. The van der Waals surface area contributed by atoms with E-state index in [0.717, 1.165) is 27.6 Å². The average molecular weight is 479 g/mol. The van der Waals surface area contributed by atoms with Crippen molar-refractivity contribution in [1.29, 1.82) is 0 Å². The fraction of sp³-hybridized carbons (Fsp3) is 0.393. The maximum atomic E-state index is 13.3. The van der Waals surface area contributed by atoms with Crippen LogP contribution in [0.3, 0.4) is 0 Å². The Hall–Kier alpha value is -2.70. The lowest BCUT2D eigenvalue weighted by atomic mass is 9.91. The van der Waals surface area contributed by atoms with Crippen LogP contribution in [0.4, 0.5) is 5.69 Å². The number of fused-ring (bicyclic) bond motifs is 1. The molecule has 4 rings (SSSR count). The van der Waals surface area contributed by atoms with E-state index < -0.39 is 10.0 Å². The number of anilines is 1. The number of carbonyl (C=O) groups excluding carboxylic acids is 1. The first-order valence-corrected chi connectivity index (χ1v) is 13.5. The van der Waals surface area contributed by atoms with Gasteiger partial charge < -0.3 is 5.32 Å². The lowest BCUT2D eigenvalue weighted by molar-refractivity contribution is -0.120. The first kappa shape index (κ1) is 24.4. The molecule has 1 fully saturated rings. The van der Waals surface area contributed by atoms with Crippen molar-refractivity contribution in [2.24, 2.45) is 5.92 Å². The van der Waals surface area contributed by atoms with Crippen LogP contribution in [0.1, 0.15) is 63.5 Å². The smallest absolute Gasteiger partial charge is 0.243 e. The van der Waals surface area contributed by atoms with Gasteiger partial charge in [0.15, 0.2) is 0 Å². The predicted octanol–water partition coefficient (Wildman–Crippen LogP) is 6.13.